The zero-order valence-corrected chi connectivity index (χ0v) is 20.9. The minimum atomic E-state index is -0.768. The van der Waals surface area contributed by atoms with Crippen LogP contribution in [0.25, 0.3) is 0 Å². The van der Waals surface area contributed by atoms with Gasteiger partial charge in [0.05, 0.1) is 12.1 Å². The van der Waals surface area contributed by atoms with Crippen molar-refractivity contribution in [2.75, 3.05) is 32.1 Å². The predicted molar refractivity (Wildman–Crippen MR) is 133 cm³/mol. The van der Waals surface area contributed by atoms with Crippen LogP contribution in [0.4, 0.5) is 5.69 Å². The fourth-order valence-corrected chi connectivity index (χ4v) is 3.46. The Hall–Kier alpha value is -3.26. The van der Waals surface area contributed by atoms with Crippen LogP contribution in [0.5, 0.6) is 11.5 Å². The van der Waals surface area contributed by atoms with Crippen molar-refractivity contribution in [1.29, 1.82) is 0 Å². The number of carbonyl (C=O) groups is 3. The van der Waals surface area contributed by atoms with Crippen LogP contribution in [0.15, 0.2) is 42.5 Å². The zero-order chi connectivity index (χ0) is 25.3. The number of likely N-dealkylation sites (N-methyl/N-ethyl adjacent to an activating group) is 1. The van der Waals surface area contributed by atoms with E-state index in [9.17, 15) is 14.4 Å². The van der Waals surface area contributed by atoms with Gasteiger partial charge in [0.1, 0.15) is 17.5 Å². The fraction of sp³-hybridized carbons (Fsp3) is 0.400. The van der Waals surface area contributed by atoms with Gasteiger partial charge >= 0.3 is 0 Å². The molecule has 1 atom stereocenters. The van der Waals surface area contributed by atoms with Crippen LogP contribution in [0.1, 0.15) is 38.1 Å². The number of nitrogens with zero attached hydrogens (tertiary/aromatic N) is 1. The molecule has 184 valence electrons. The van der Waals surface area contributed by atoms with Gasteiger partial charge in [0.25, 0.3) is 11.8 Å². The van der Waals surface area contributed by atoms with E-state index in [1.165, 1.54) is 0 Å². The van der Waals surface area contributed by atoms with Crippen LogP contribution < -0.4 is 20.1 Å². The van der Waals surface area contributed by atoms with Crippen molar-refractivity contribution in [1.82, 2.24) is 10.2 Å². The van der Waals surface area contributed by atoms with Crippen LogP contribution in [0.3, 0.4) is 0 Å². The first-order valence-electron chi connectivity index (χ1n) is 11.2. The molecule has 0 bridgehead atoms. The largest absolute Gasteiger partial charge is 0.497 e. The van der Waals surface area contributed by atoms with E-state index in [0.29, 0.717) is 35.8 Å². The number of nitrogens with one attached hydrogen (secondary N) is 2. The maximum atomic E-state index is 12.9. The maximum absolute atomic E-state index is 12.9. The quantitative estimate of drug-likeness (QED) is 0.497. The molecule has 0 aliphatic rings. The van der Waals surface area contributed by atoms with Crippen LogP contribution in [-0.2, 0) is 9.59 Å². The second-order valence-corrected chi connectivity index (χ2v) is 8.32. The molecular formula is C25H32ClN3O5. The summed E-state index contributed by atoms with van der Waals surface area (Å²) in [5.41, 5.74) is 0.866. The molecule has 1 unspecified atom stereocenters. The van der Waals surface area contributed by atoms with Crippen molar-refractivity contribution in [2.24, 2.45) is 5.92 Å². The molecule has 2 N–H and O–H groups in total. The number of rotatable bonds is 11. The maximum Gasteiger partial charge on any atom is 0.260 e. The lowest BCUT2D eigenvalue weighted by Gasteiger charge is -2.22. The predicted octanol–water partition coefficient (Wildman–Crippen LogP) is 3.99. The van der Waals surface area contributed by atoms with Gasteiger partial charge in [-0.1, -0.05) is 25.4 Å². The fourth-order valence-electron chi connectivity index (χ4n) is 3.22. The van der Waals surface area contributed by atoms with Crippen LogP contribution >= 0.6 is 11.6 Å². The molecule has 0 saturated heterocycles. The smallest absolute Gasteiger partial charge is 0.260 e. The number of benzene rings is 2. The van der Waals surface area contributed by atoms with Crippen molar-refractivity contribution >= 4 is 35.0 Å². The molecule has 0 radical (unpaired) electrons. The lowest BCUT2D eigenvalue weighted by Crippen LogP contribution is -2.47. The lowest BCUT2D eigenvalue weighted by atomic mass is 10.0. The molecule has 2 rings (SSSR count). The molecule has 9 heteroatoms. The average Bonchev–Trinajstić information content (AvgIpc) is 2.82. The summed E-state index contributed by atoms with van der Waals surface area (Å²) in [5.74, 6) is -0.0588. The van der Waals surface area contributed by atoms with Crippen molar-refractivity contribution in [3.05, 3.63) is 53.1 Å². The molecule has 0 aromatic heterocycles. The number of methoxy groups -OCH3 is 1. The Morgan fingerprint density at radius 1 is 1.03 bits per heavy atom. The summed E-state index contributed by atoms with van der Waals surface area (Å²) in [6.07, 6.45) is 0. The van der Waals surface area contributed by atoms with Gasteiger partial charge in [-0.3, -0.25) is 14.4 Å². The first-order chi connectivity index (χ1) is 16.2. The van der Waals surface area contributed by atoms with Gasteiger partial charge in [0, 0.05) is 24.3 Å². The monoisotopic (exact) mass is 489 g/mol. The van der Waals surface area contributed by atoms with Gasteiger partial charge in [-0.25, -0.2) is 0 Å². The third-order valence-electron chi connectivity index (χ3n) is 5.25. The molecule has 2 aromatic rings. The van der Waals surface area contributed by atoms with E-state index in [0.717, 1.165) is 0 Å². The molecular weight excluding hydrogens is 458 g/mol. The highest BCUT2D eigenvalue weighted by molar-refractivity contribution is 6.32. The van der Waals surface area contributed by atoms with E-state index in [2.05, 4.69) is 10.6 Å². The molecule has 0 saturated carbocycles. The summed E-state index contributed by atoms with van der Waals surface area (Å²) in [5, 5.41) is 5.82. The third kappa shape index (κ3) is 7.38. The van der Waals surface area contributed by atoms with Crippen molar-refractivity contribution < 1.29 is 23.9 Å². The summed E-state index contributed by atoms with van der Waals surface area (Å²) in [7, 11) is 1.55. The second kappa shape index (κ2) is 12.8. The SMILES string of the molecule is CCN(CC)C(=O)COc1ccc(NC(=O)C(NC(=O)c2ccc(OC)cc2)C(C)C)cc1Cl. The number of hydrogen-bond donors (Lipinski definition) is 2. The van der Waals surface area contributed by atoms with Crippen molar-refractivity contribution in [3.63, 3.8) is 0 Å². The zero-order valence-electron chi connectivity index (χ0n) is 20.2. The number of amides is 3. The van der Waals surface area contributed by atoms with E-state index in [1.807, 2.05) is 27.7 Å². The van der Waals surface area contributed by atoms with Gasteiger partial charge < -0.3 is 25.0 Å². The highest BCUT2D eigenvalue weighted by Crippen LogP contribution is 2.28. The molecule has 3 amide bonds. The van der Waals surface area contributed by atoms with Crippen LogP contribution in [0, 0.1) is 5.92 Å². The Balaban J connectivity index is 2.03. The molecule has 0 aliphatic carbocycles. The average molecular weight is 490 g/mol. The van der Waals surface area contributed by atoms with Gasteiger partial charge in [-0.05, 0) is 62.2 Å². The first kappa shape index (κ1) is 27.0. The Bertz CT molecular complexity index is 991. The lowest BCUT2D eigenvalue weighted by molar-refractivity contribution is -0.133. The summed E-state index contributed by atoms with van der Waals surface area (Å²) >= 11 is 6.29. The molecule has 2 aromatic carbocycles. The molecule has 0 heterocycles. The van der Waals surface area contributed by atoms with Crippen LogP contribution in [-0.4, -0.2) is 55.5 Å². The van der Waals surface area contributed by atoms with Gasteiger partial charge in [-0.2, -0.15) is 0 Å². The Morgan fingerprint density at radius 2 is 1.68 bits per heavy atom. The van der Waals surface area contributed by atoms with E-state index in [4.69, 9.17) is 21.1 Å². The summed E-state index contributed by atoms with van der Waals surface area (Å²) < 4.78 is 10.6. The molecule has 0 spiro atoms. The molecule has 0 fully saturated rings. The summed E-state index contributed by atoms with van der Waals surface area (Å²) in [4.78, 5) is 39.3. The van der Waals surface area contributed by atoms with Gasteiger partial charge in [0.15, 0.2) is 6.61 Å². The van der Waals surface area contributed by atoms with E-state index in [-0.39, 0.29) is 35.3 Å². The Kier molecular flexibility index (Phi) is 10.2. The highest BCUT2D eigenvalue weighted by atomic mass is 35.5. The van der Waals surface area contributed by atoms with E-state index in [1.54, 1.807) is 54.5 Å². The number of halogens is 1. The molecule has 0 aliphatic heterocycles. The first-order valence-corrected chi connectivity index (χ1v) is 11.5. The van der Waals surface area contributed by atoms with Gasteiger partial charge in [0.2, 0.25) is 5.91 Å². The Labute approximate surface area is 205 Å². The molecule has 34 heavy (non-hydrogen) atoms. The minimum absolute atomic E-state index is 0.125. The highest BCUT2D eigenvalue weighted by Gasteiger charge is 2.25. The number of carbonyl (C=O) groups excluding carboxylic acids is 3. The number of anilines is 1. The van der Waals surface area contributed by atoms with E-state index >= 15 is 0 Å². The molecule has 8 nitrogen and oxygen atoms in total. The normalized spacial score (nSPS) is 11.5. The van der Waals surface area contributed by atoms with Crippen molar-refractivity contribution in [3.8, 4) is 11.5 Å². The second-order valence-electron chi connectivity index (χ2n) is 7.91. The van der Waals surface area contributed by atoms with Crippen LogP contribution in [0.2, 0.25) is 5.02 Å². The van der Waals surface area contributed by atoms with Gasteiger partial charge in [-0.15, -0.1) is 0 Å². The van der Waals surface area contributed by atoms with E-state index < -0.39 is 6.04 Å². The third-order valence-corrected chi connectivity index (χ3v) is 5.55. The Morgan fingerprint density at radius 3 is 2.21 bits per heavy atom. The minimum Gasteiger partial charge on any atom is -0.497 e. The topological polar surface area (TPSA) is 97.0 Å². The summed E-state index contributed by atoms with van der Waals surface area (Å²) in [6.45, 7) is 8.56. The summed E-state index contributed by atoms with van der Waals surface area (Å²) in [6, 6.07) is 10.6. The number of ether oxygens (including phenoxy) is 2. The van der Waals surface area contributed by atoms with Crippen molar-refractivity contribution in [2.45, 2.75) is 33.7 Å². The standard InChI is InChI=1S/C25H32ClN3O5/c1-6-29(7-2)22(30)15-34-21-13-10-18(14-20(21)26)27-25(32)23(16(3)4)28-24(31)17-8-11-19(33-5)12-9-17/h8-14,16,23H,6-7,15H2,1-5H3,(H,27,32)(H,28,31). The number of hydrogen-bond acceptors (Lipinski definition) is 5.